The molecule has 0 aliphatic carbocycles. The van der Waals surface area contributed by atoms with Crippen LogP contribution < -0.4 is 0 Å². The minimum absolute atomic E-state index is 0. The molecule has 1 N–H and O–H groups in total. The van der Waals surface area contributed by atoms with Gasteiger partial charge in [0.1, 0.15) is 0 Å². The third-order valence-corrected chi connectivity index (χ3v) is 0.175. The summed E-state index contributed by atoms with van der Waals surface area (Å²) in [5.74, 6) is 0. The molecule has 6 heavy (non-hydrogen) atoms. The van der Waals surface area contributed by atoms with Crippen molar-refractivity contribution >= 4 is 37.3 Å². The zero-order valence-electron chi connectivity index (χ0n) is 2.76. The highest BCUT2D eigenvalue weighted by atomic mass is 24.3. The molecular weight excluding hydrogens is 95.1 g/mol. The molecule has 0 aliphatic rings. The molecule has 32 valence electrons. The van der Waals surface area contributed by atoms with Gasteiger partial charge >= 0.3 is 37.3 Å². The van der Waals surface area contributed by atoms with Gasteiger partial charge in [-0.15, -0.1) is 0 Å². The predicted octanol–water partition coefficient (Wildman–Crippen LogP) is -1.69. The van der Waals surface area contributed by atoms with Gasteiger partial charge in [0, 0.05) is 0 Å². The first kappa shape index (κ1) is 9.44. The second kappa shape index (κ2) is 5.10. The van der Waals surface area contributed by atoms with E-state index in [1.165, 1.54) is 0 Å². The first-order chi connectivity index (χ1) is 2.27. The zero-order chi connectivity index (χ0) is 4.28. The SMILES string of the molecule is BOC(=O)O.[MgH2]. The quantitative estimate of drug-likeness (QED) is 0.370. The Hall–Kier alpha value is 0.101. The molecule has 0 heterocycles. The number of rotatable bonds is 0. The maximum Gasteiger partial charge on any atom is 0.487 e. The van der Waals surface area contributed by atoms with Crippen LogP contribution in [0.4, 0.5) is 4.79 Å². The second-order valence-electron chi connectivity index (χ2n) is 0.470. The average molecular weight is 100 g/mol. The molecule has 3 nitrogen and oxygen atoms in total. The Morgan fingerprint density at radius 2 is 2.00 bits per heavy atom. The van der Waals surface area contributed by atoms with Crippen molar-refractivity contribution in [3.8, 4) is 0 Å². The Balaban J connectivity index is 0. The lowest BCUT2D eigenvalue weighted by molar-refractivity contribution is 0.148. The van der Waals surface area contributed by atoms with Crippen LogP contribution >= 0.6 is 0 Å². The van der Waals surface area contributed by atoms with E-state index in [9.17, 15) is 0 Å². The summed E-state index contributed by atoms with van der Waals surface area (Å²) in [4.78, 5) is 9.15. The monoisotopic (exact) mass is 100 g/mol. The van der Waals surface area contributed by atoms with Crippen LogP contribution in [0.3, 0.4) is 0 Å². The fraction of sp³-hybridized carbons (Fsp3) is 0. The van der Waals surface area contributed by atoms with Gasteiger partial charge in [-0.2, -0.15) is 0 Å². The Morgan fingerprint density at radius 3 is 2.00 bits per heavy atom. The number of carboxylic acid groups (broad SMARTS) is 1. The lowest BCUT2D eigenvalue weighted by atomic mass is 10.6. The van der Waals surface area contributed by atoms with Crippen molar-refractivity contribution < 1.29 is 14.6 Å². The molecule has 5 heteroatoms. The van der Waals surface area contributed by atoms with E-state index in [-0.39, 0.29) is 23.1 Å². The van der Waals surface area contributed by atoms with Gasteiger partial charge < -0.3 is 9.76 Å². The van der Waals surface area contributed by atoms with E-state index in [0.717, 1.165) is 8.05 Å². The molecular formula is CH5BMgO3. The van der Waals surface area contributed by atoms with Gasteiger partial charge in [0.2, 0.25) is 0 Å². The maximum atomic E-state index is 9.15. The van der Waals surface area contributed by atoms with Crippen LogP contribution in [0, 0.1) is 0 Å². The predicted molar refractivity (Wildman–Crippen MR) is 26.2 cm³/mol. The van der Waals surface area contributed by atoms with Crippen molar-refractivity contribution in [2.45, 2.75) is 0 Å². The van der Waals surface area contributed by atoms with Crippen molar-refractivity contribution in [1.29, 1.82) is 0 Å². The third-order valence-electron chi connectivity index (χ3n) is 0.175. The minimum atomic E-state index is -1.25. The Morgan fingerprint density at radius 1 is 1.83 bits per heavy atom. The Bertz CT molecular complexity index is 46.1. The van der Waals surface area contributed by atoms with Crippen molar-refractivity contribution in [2.75, 3.05) is 0 Å². The first-order valence-corrected chi connectivity index (χ1v) is 1.04. The first-order valence-electron chi connectivity index (χ1n) is 1.04. The second-order valence-corrected chi connectivity index (χ2v) is 0.470. The molecule has 0 saturated heterocycles. The van der Waals surface area contributed by atoms with Gasteiger partial charge in [0.25, 0.3) is 0 Å². The molecule has 0 aliphatic heterocycles. The fourth-order valence-corrected chi connectivity index (χ4v) is 0. The molecule has 0 spiro atoms. The normalized spacial score (nSPS) is 5.33. The number of carbonyl (C=O) groups is 1. The highest BCUT2D eigenvalue weighted by molar-refractivity contribution is 6.03. The van der Waals surface area contributed by atoms with Crippen molar-refractivity contribution in [3.63, 3.8) is 0 Å². The summed E-state index contributed by atoms with van der Waals surface area (Å²) in [6.07, 6.45) is -1.25. The summed E-state index contributed by atoms with van der Waals surface area (Å²) < 4.78 is 3.67. The summed E-state index contributed by atoms with van der Waals surface area (Å²) in [5.41, 5.74) is 0. The summed E-state index contributed by atoms with van der Waals surface area (Å²) in [7, 11) is 1.10. The lowest BCUT2D eigenvalue weighted by Gasteiger charge is -1.80. The summed E-state index contributed by atoms with van der Waals surface area (Å²) in [6, 6.07) is 0. The van der Waals surface area contributed by atoms with E-state index < -0.39 is 6.16 Å². The summed E-state index contributed by atoms with van der Waals surface area (Å²) >= 11 is 0. The van der Waals surface area contributed by atoms with Crippen molar-refractivity contribution in [3.05, 3.63) is 0 Å². The maximum absolute atomic E-state index is 9.15. The molecule has 0 bridgehead atoms. The summed E-state index contributed by atoms with van der Waals surface area (Å²) in [6.45, 7) is 0. The largest absolute Gasteiger partial charge is 0.513 e. The van der Waals surface area contributed by atoms with E-state index >= 15 is 0 Å². The topological polar surface area (TPSA) is 46.5 Å². The van der Waals surface area contributed by atoms with Crippen molar-refractivity contribution in [2.24, 2.45) is 0 Å². The van der Waals surface area contributed by atoms with Gasteiger partial charge in [-0.05, 0) is 0 Å². The molecule has 0 amide bonds. The highest BCUT2D eigenvalue weighted by Crippen LogP contribution is 1.59. The Kier molecular flexibility index (Phi) is 8.03. The molecule has 0 fully saturated rings. The lowest BCUT2D eigenvalue weighted by Crippen LogP contribution is -1.92. The van der Waals surface area contributed by atoms with Crippen molar-refractivity contribution in [1.82, 2.24) is 0 Å². The van der Waals surface area contributed by atoms with Crippen LogP contribution in [0.15, 0.2) is 0 Å². The summed E-state index contributed by atoms with van der Waals surface area (Å²) in [5, 5.41) is 7.50. The van der Waals surface area contributed by atoms with Gasteiger partial charge in [-0.25, -0.2) is 4.79 Å². The van der Waals surface area contributed by atoms with E-state index in [1.54, 1.807) is 0 Å². The molecule has 0 unspecified atom stereocenters. The zero-order valence-corrected chi connectivity index (χ0v) is 2.76. The van der Waals surface area contributed by atoms with E-state index in [4.69, 9.17) is 9.90 Å². The third kappa shape index (κ3) is 8.93. The number of hydrogen-bond acceptors (Lipinski definition) is 2. The van der Waals surface area contributed by atoms with Crippen LogP contribution in [0.25, 0.3) is 0 Å². The van der Waals surface area contributed by atoms with Gasteiger partial charge in [-0.1, -0.05) is 0 Å². The van der Waals surface area contributed by atoms with E-state index in [0.29, 0.717) is 0 Å². The molecule has 0 saturated carbocycles. The molecule has 0 aromatic carbocycles. The van der Waals surface area contributed by atoms with Crippen LogP contribution in [-0.4, -0.2) is 42.4 Å². The van der Waals surface area contributed by atoms with Crippen LogP contribution in [0.5, 0.6) is 0 Å². The fourth-order valence-electron chi connectivity index (χ4n) is 0. The van der Waals surface area contributed by atoms with Gasteiger partial charge in [0.05, 0.1) is 0 Å². The smallest absolute Gasteiger partial charge is 0.487 e. The standard InChI is InChI=1S/CH3BO3.Mg.2H/c2-5-1(3)4;;;/h2H2,(H,3,4);;;. The molecule has 0 aromatic rings. The minimum Gasteiger partial charge on any atom is -0.513 e. The average Bonchev–Trinajstić information content (AvgIpc) is 1.38. The molecule has 0 radical (unpaired) electrons. The molecule has 0 rings (SSSR count). The Labute approximate surface area is 52.3 Å². The molecule has 0 aromatic heterocycles. The highest BCUT2D eigenvalue weighted by Gasteiger charge is 1.80. The van der Waals surface area contributed by atoms with Crippen LogP contribution in [0.1, 0.15) is 0 Å². The van der Waals surface area contributed by atoms with Gasteiger partial charge in [-0.3, -0.25) is 0 Å². The van der Waals surface area contributed by atoms with Crippen LogP contribution in [0.2, 0.25) is 0 Å². The molecule has 0 atom stereocenters. The van der Waals surface area contributed by atoms with Gasteiger partial charge in [0.15, 0.2) is 0 Å². The van der Waals surface area contributed by atoms with E-state index in [2.05, 4.69) is 4.65 Å². The van der Waals surface area contributed by atoms with E-state index in [1.807, 2.05) is 0 Å². The van der Waals surface area contributed by atoms with Crippen LogP contribution in [-0.2, 0) is 4.65 Å². The number of hydrogen-bond donors (Lipinski definition) is 1.